The quantitative estimate of drug-likeness (QED) is 0.0972. The zero-order valence-corrected chi connectivity index (χ0v) is 38.0. The fourth-order valence-corrected chi connectivity index (χ4v) is 11.1. The minimum Gasteiger partial charge on any atom is -0.232 e. The van der Waals surface area contributed by atoms with Gasteiger partial charge in [-0.2, -0.15) is 10.5 Å². The van der Waals surface area contributed by atoms with Gasteiger partial charge in [-0.1, -0.05) is 200 Å². The van der Waals surface area contributed by atoms with E-state index in [2.05, 4.69) is 173 Å². The first kappa shape index (κ1) is 42.7. The topological polar surface area (TPSA) is 73.4 Å². The number of unbranched alkanes of at least 4 members (excludes halogenated alkanes) is 4. The van der Waals surface area contributed by atoms with Crippen LogP contribution in [0, 0.1) is 22.7 Å². The second-order valence-electron chi connectivity index (χ2n) is 18.2. The summed E-state index contributed by atoms with van der Waals surface area (Å²) in [6.07, 6.45) is 14.1. The fraction of sp³-hybridized carbons (Fsp3) is 0.300. The molecular weight excluding hydrogens is 777 g/mol. The van der Waals surface area contributed by atoms with E-state index in [-0.39, 0.29) is 22.2 Å². The van der Waals surface area contributed by atoms with Gasteiger partial charge in [-0.05, 0) is 105 Å². The van der Waals surface area contributed by atoms with Crippen LogP contribution in [0.4, 0.5) is 0 Å². The molecule has 1 heterocycles. The molecule has 0 bridgehead atoms. The molecule has 0 amide bonds. The molecule has 6 aromatic carbocycles. The first-order chi connectivity index (χ1) is 31.4. The number of aromatic nitrogens is 2. The van der Waals surface area contributed by atoms with Crippen LogP contribution in [0.3, 0.4) is 0 Å². The van der Waals surface area contributed by atoms with Crippen LogP contribution in [0.25, 0.3) is 67.0 Å². The van der Waals surface area contributed by atoms with Crippen molar-refractivity contribution >= 4 is 0 Å². The number of rotatable bonds is 16. The molecule has 318 valence electrons. The molecule has 9 rings (SSSR count). The molecule has 0 aliphatic heterocycles. The number of hydrogen-bond acceptors (Lipinski definition) is 4. The molecule has 0 fully saturated rings. The second kappa shape index (κ2) is 18.2. The van der Waals surface area contributed by atoms with Crippen LogP contribution in [-0.4, -0.2) is 9.97 Å². The van der Waals surface area contributed by atoms with Crippen LogP contribution >= 0.6 is 0 Å². The normalized spacial score (nSPS) is 13.7. The standard InChI is InChI=1S/C60H58N4/c1-5-9-33-59(34-10-6-2)51-19-15-13-17-47(51)49-31-29-45(37-53(49)59)41-21-25-43(26-22-41)57-58(64-56(40-62)55(39-61)63-57)44-27-23-42(24-28-44)46-30-32-50-48-18-14-16-20-52(48)60(35-11-7-3,36-12-8-4)54(50)38-46/h13-32,37-38H,5-12,33-36H2,1-4H3. The van der Waals surface area contributed by atoms with Crippen LogP contribution in [0.2, 0.25) is 0 Å². The summed E-state index contributed by atoms with van der Waals surface area (Å²) < 4.78 is 0. The minimum absolute atomic E-state index is 0.0182. The first-order valence-corrected chi connectivity index (χ1v) is 23.9. The minimum atomic E-state index is 0.0182. The third-order valence-electron chi connectivity index (χ3n) is 14.5. The van der Waals surface area contributed by atoms with Gasteiger partial charge in [0.05, 0.1) is 11.4 Å². The Kier molecular flexibility index (Phi) is 12.2. The van der Waals surface area contributed by atoms with Crippen molar-refractivity contribution in [3.63, 3.8) is 0 Å². The van der Waals surface area contributed by atoms with E-state index in [0.29, 0.717) is 11.4 Å². The molecular formula is C60H58N4. The molecule has 2 aliphatic rings. The van der Waals surface area contributed by atoms with Gasteiger partial charge in [0, 0.05) is 22.0 Å². The smallest absolute Gasteiger partial charge is 0.177 e. The van der Waals surface area contributed by atoms with Gasteiger partial charge < -0.3 is 0 Å². The Morgan fingerprint density at radius 1 is 0.375 bits per heavy atom. The molecule has 0 N–H and O–H groups in total. The van der Waals surface area contributed by atoms with Gasteiger partial charge in [-0.3, -0.25) is 0 Å². The monoisotopic (exact) mass is 834 g/mol. The maximum atomic E-state index is 10.1. The molecule has 0 radical (unpaired) electrons. The van der Waals surface area contributed by atoms with E-state index in [1.54, 1.807) is 0 Å². The average Bonchev–Trinajstić information content (AvgIpc) is 3.79. The largest absolute Gasteiger partial charge is 0.232 e. The Morgan fingerprint density at radius 2 is 0.688 bits per heavy atom. The first-order valence-electron chi connectivity index (χ1n) is 23.9. The lowest BCUT2D eigenvalue weighted by Crippen LogP contribution is -2.25. The summed E-state index contributed by atoms with van der Waals surface area (Å²) in [5.74, 6) is 0. The second-order valence-corrected chi connectivity index (χ2v) is 18.2. The van der Waals surface area contributed by atoms with E-state index in [9.17, 15) is 10.5 Å². The van der Waals surface area contributed by atoms with Crippen molar-refractivity contribution in [3.05, 3.63) is 167 Å². The Balaban J connectivity index is 1.07. The van der Waals surface area contributed by atoms with Crippen LogP contribution in [0.5, 0.6) is 0 Å². The molecule has 4 nitrogen and oxygen atoms in total. The van der Waals surface area contributed by atoms with E-state index in [0.717, 1.165) is 47.9 Å². The van der Waals surface area contributed by atoms with Gasteiger partial charge in [0.2, 0.25) is 0 Å². The van der Waals surface area contributed by atoms with Crippen LogP contribution in [-0.2, 0) is 10.8 Å². The van der Waals surface area contributed by atoms with Crippen molar-refractivity contribution in [2.75, 3.05) is 0 Å². The summed E-state index contributed by atoms with van der Waals surface area (Å²) in [6.45, 7) is 9.19. The van der Waals surface area contributed by atoms with Crippen LogP contribution < -0.4 is 0 Å². The molecule has 0 unspecified atom stereocenters. The third kappa shape index (κ3) is 7.34. The lowest BCUT2D eigenvalue weighted by Gasteiger charge is -2.33. The Morgan fingerprint density at radius 3 is 1.03 bits per heavy atom. The highest BCUT2D eigenvalue weighted by Crippen LogP contribution is 2.56. The predicted molar refractivity (Wildman–Crippen MR) is 264 cm³/mol. The summed E-state index contributed by atoms with van der Waals surface area (Å²) in [5.41, 5.74) is 19.0. The van der Waals surface area contributed by atoms with Crippen LogP contribution in [0.15, 0.2) is 133 Å². The maximum Gasteiger partial charge on any atom is 0.177 e. The van der Waals surface area contributed by atoms with Crippen molar-refractivity contribution in [2.24, 2.45) is 0 Å². The molecule has 1 aromatic heterocycles. The number of nitrogens with zero attached hydrogens (tertiary/aromatic N) is 4. The Labute approximate surface area is 380 Å². The van der Waals surface area contributed by atoms with Gasteiger partial charge >= 0.3 is 0 Å². The van der Waals surface area contributed by atoms with Gasteiger partial charge in [-0.25, -0.2) is 9.97 Å². The SMILES string of the molecule is CCCCC1(CCCC)c2ccccc2-c2ccc(-c3ccc(-c4nc(C#N)c(C#N)nc4-c4ccc(-c5ccc6c(c5)C(CCCC)(CCCC)c5ccccc5-6)cc4)cc3)cc21. The van der Waals surface area contributed by atoms with Crippen molar-refractivity contribution in [2.45, 2.75) is 116 Å². The lowest BCUT2D eigenvalue weighted by molar-refractivity contribution is 0.414. The molecule has 7 aromatic rings. The van der Waals surface area contributed by atoms with Gasteiger partial charge in [0.15, 0.2) is 11.4 Å². The zero-order valence-electron chi connectivity index (χ0n) is 38.0. The molecule has 2 aliphatic carbocycles. The summed E-state index contributed by atoms with van der Waals surface area (Å²) in [4.78, 5) is 9.63. The van der Waals surface area contributed by atoms with E-state index in [1.165, 1.54) is 107 Å². The summed E-state index contributed by atoms with van der Waals surface area (Å²) in [7, 11) is 0. The maximum absolute atomic E-state index is 10.1. The van der Waals surface area contributed by atoms with Gasteiger partial charge in [0.25, 0.3) is 0 Å². The Bertz CT molecular complexity index is 2690. The average molecular weight is 835 g/mol. The zero-order chi connectivity index (χ0) is 44.3. The van der Waals surface area contributed by atoms with Crippen molar-refractivity contribution in [3.8, 4) is 79.2 Å². The highest BCUT2D eigenvalue weighted by Gasteiger charge is 2.43. The van der Waals surface area contributed by atoms with E-state index < -0.39 is 0 Å². The molecule has 0 spiro atoms. The number of fused-ring (bicyclic) bond motifs is 6. The Hall–Kier alpha value is -6.62. The number of benzene rings is 6. The molecule has 0 saturated heterocycles. The van der Waals surface area contributed by atoms with Gasteiger partial charge in [-0.15, -0.1) is 0 Å². The molecule has 0 saturated carbocycles. The highest BCUT2D eigenvalue weighted by atomic mass is 14.9. The van der Waals surface area contributed by atoms with Crippen molar-refractivity contribution < 1.29 is 0 Å². The van der Waals surface area contributed by atoms with E-state index in [1.807, 2.05) is 0 Å². The molecule has 0 atom stereocenters. The fourth-order valence-electron chi connectivity index (χ4n) is 11.1. The third-order valence-corrected chi connectivity index (χ3v) is 14.5. The molecule has 64 heavy (non-hydrogen) atoms. The van der Waals surface area contributed by atoms with Crippen molar-refractivity contribution in [1.29, 1.82) is 10.5 Å². The van der Waals surface area contributed by atoms with Gasteiger partial charge in [0.1, 0.15) is 12.1 Å². The summed E-state index contributed by atoms with van der Waals surface area (Å²) in [6, 6.07) is 53.5. The van der Waals surface area contributed by atoms with E-state index >= 15 is 0 Å². The van der Waals surface area contributed by atoms with E-state index in [4.69, 9.17) is 9.97 Å². The lowest BCUT2D eigenvalue weighted by atomic mass is 9.70. The number of hydrogen-bond donors (Lipinski definition) is 0. The predicted octanol–water partition coefficient (Wildman–Crippen LogP) is 16.2. The summed E-state index contributed by atoms with van der Waals surface area (Å²) in [5, 5.41) is 20.2. The highest BCUT2D eigenvalue weighted by molar-refractivity contribution is 5.87. The number of nitriles is 2. The van der Waals surface area contributed by atoms with Crippen LogP contribution in [0.1, 0.15) is 138 Å². The summed E-state index contributed by atoms with van der Waals surface area (Å²) >= 11 is 0. The molecule has 4 heteroatoms. The van der Waals surface area contributed by atoms with Crippen molar-refractivity contribution in [1.82, 2.24) is 9.97 Å².